The highest BCUT2D eigenvalue weighted by atomic mass is 16.5. The summed E-state index contributed by atoms with van der Waals surface area (Å²) in [5.74, 6) is 0.622. The Bertz CT molecular complexity index is 1230. The maximum atomic E-state index is 9.27. The molecule has 0 aliphatic carbocycles. The number of nitrogens with zero attached hydrogens (tertiary/aromatic N) is 4. The molecule has 4 rings (SSSR count). The van der Waals surface area contributed by atoms with Crippen molar-refractivity contribution in [3.05, 3.63) is 70.5 Å². The van der Waals surface area contributed by atoms with Gasteiger partial charge in [-0.1, -0.05) is 0 Å². The van der Waals surface area contributed by atoms with Gasteiger partial charge < -0.3 is 4.74 Å². The van der Waals surface area contributed by atoms with E-state index in [-0.39, 0.29) is 0 Å². The average Bonchev–Trinajstić information content (AvgIpc) is 3.10. The number of aryl methyl sites for hydroxylation is 3. The molecule has 0 spiro atoms. The number of nitriles is 1. The molecule has 0 saturated heterocycles. The third kappa shape index (κ3) is 3.53. The molecule has 144 valence electrons. The molecule has 2 heterocycles. The third-order valence-corrected chi connectivity index (χ3v) is 4.84. The van der Waals surface area contributed by atoms with Crippen LogP contribution < -0.4 is 10.5 Å². The minimum Gasteiger partial charge on any atom is -0.471 e. The molecule has 7 heteroatoms. The van der Waals surface area contributed by atoms with E-state index in [0.717, 1.165) is 44.5 Å². The quantitative estimate of drug-likeness (QED) is 0.517. The van der Waals surface area contributed by atoms with Gasteiger partial charge in [-0.25, -0.2) is 0 Å². The highest BCUT2D eigenvalue weighted by Gasteiger charge is 2.16. The molecule has 0 bridgehead atoms. The minimum atomic E-state index is -0.664. The molecule has 0 radical (unpaired) electrons. The summed E-state index contributed by atoms with van der Waals surface area (Å²) in [7, 11) is 0. The van der Waals surface area contributed by atoms with Crippen molar-refractivity contribution in [1.82, 2.24) is 20.4 Å². The van der Waals surface area contributed by atoms with Crippen molar-refractivity contribution in [2.24, 2.45) is 5.73 Å². The van der Waals surface area contributed by atoms with Crippen molar-refractivity contribution in [2.75, 3.05) is 0 Å². The molecule has 0 unspecified atom stereocenters. The van der Waals surface area contributed by atoms with Crippen LogP contribution in [0, 0.1) is 32.1 Å². The van der Waals surface area contributed by atoms with Crippen LogP contribution in [-0.2, 0) is 0 Å². The second-order valence-corrected chi connectivity index (χ2v) is 7.04. The Morgan fingerprint density at radius 1 is 1.14 bits per heavy atom. The molecule has 4 aromatic rings. The number of rotatable bonds is 4. The number of H-pyrrole nitrogens is 1. The van der Waals surface area contributed by atoms with E-state index in [1.54, 1.807) is 6.20 Å². The first-order valence-corrected chi connectivity index (χ1v) is 9.17. The second-order valence-electron chi connectivity index (χ2n) is 7.04. The summed E-state index contributed by atoms with van der Waals surface area (Å²) in [4.78, 5) is 0. The monoisotopic (exact) mass is 384 g/mol. The lowest BCUT2D eigenvalue weighted by molar-refractivity contribution is 0.212. The standard InChI is InChI=1S/C22H20N6O/c1-12-6-15(10-23)8-16(7-12)21-18-9-17(4-5-19(18)27-28-21)29-22(24)20-13(2)11-25-26-14(20)3/h4-9,11,22H,24H2,1-3H3,(H,27,28)/t22-/m0/s1. The van der Waals surface area contributed by atoms with Gasteiger partial charge in [-0.2, -0.15) is 20.6 Å². The molecule has 2 aromatic carbocycles. The normalized spacial score (nSPS) is 12.0. The maximum Gasteiger partial charge on any atom is 0.176 e. The zero-order chi connectivity index (χ0) is 20.5. The van der Waals surface area contributed by atoms with Gasteiger partial charge in [0, 0.05) is 16.5 Å². The average molecular weight is 384 g/mol. The highest BCUT2D eigenvalue weighted by molar-refractivity contribution is 5.94. The molecule has 0 amide bonds. The molecule has 0 saturated carbocycles. The lowest BCUT2D eigenvalue weighted by atomic mass is 10.0. The first-order chi connectivity index (χ1) is 14.0. The molecule has 3 N–H and O–H groups in total. The lowest BCUT2D eigenvalue weighted by Crippen LogP contribution is -2.20. The summed E-state index contributed by atoms with van der Waals surface area (Å²) in [5, 5.41) is 25.7. The van der Waals surface area contributed by atoms with Crippen molar-refractivity contribution >= 4 is 10.9 Å². The van der Waals surface area contributed by atoms with Gasteiger partial charge in [0.1, 0.15) is 11.4 Å². The predicted octanol–water partition coefficient (Wildman–Crippen LogP) is 3.85. The Kier molecular flexibility index (Phi) is 4.71. The van der Waals surface area contributed by atoms with Crippen molar-refractivity contribution in [2.45, 2.75) is 27.0 Å². The van der Waals surface area contributed by atoms with Gasteiger partial charge >= 0.3 is 0 Å². The highest BCUT2D eigenvalue weighted by Crippen LogP contribution is 2.31. The Labute approximate surface area is 168 Å². The zero-order valence-corrected chi connectivity index (χ0v) is 16.4. The van der Waals surface area contributed by atoms with Crippen molar-refractivity contribution < 1.29 is 4.74 Å². The van der Waals surface area contributed by atoms with Gasteiger partial charge in [-0.15, -0.1) is 0 Å². The third-order valence-electron chi connectivity index (χ3n) is 4.84. The van der Waals surface area contributed by atoms with E-state index in [2.05, 4.69) is 26.5 Å². The van der Waals surface area contributed by atoms with Crippen LogP contribution in [0.3, 0.4) is 0 Å². The fourth-order valence-electron chi connectivity index (χ4n) is 3.52. The molecule has 0 aliphatic heterocycles. The van der Waals surface area contributed by atoms with E-state index in [1.807, 2.05) is 57.2 Å². The smallest absolute Gasteiger partial charge is 0.176 e. The number of nitrogens with two attached hydrogens (primary N) is 1. The van der Waals surface area contributed by atoms with Gasteiger partial charge in [0.25, 0.3) is 0 Å². The van der Waals surface area contributed by atoms with E-state index < -0.39 is 6.23 Å². The van der Waals surface area contributed by atoms with E-state index in [0.29, 0.717) is 11.3 Å². The zero-order valence-electron chi connectivity index (χ0n) is 16.4. The number of aromatic amines is 1. The Morgan fingerprint density at radius 2 is 1.97 bits per heavy atom. The first-order valence-electron chi connectivity index (χ1n) is 9.17. The summed E-state index contributed by atoms with van der Waals surface area (Å²) in [6.45, 7) is 5.75. The van der Waals surface area contributed by atoms with Gasteiger partial charge in [0.2, 0.25) is 0 Å². The first kappa shape index (κ1) is 18.6. The van der Waals surface area contributed by atoms with Crippen LogP contribution >= 0.6 is 0 Å². The number of ether oxygens (including phenoxy) is 1. The summed E-state index contributed by atoms with van der Waals surface area (Å²) in [6.07, 6.45) is 1.01. The SMILES string of the molecule is Cc1cc(C#N)cc(-c2n[nH]c3ccc(O[C@H](N)c4c(C)cnnc4C)cc23)c1. The van der Waals surface area contributed by atoms with E-state index in [9.17, 15) is 5.26 Å². The van der Waals surface area contributed by atoms with Gasteiger partial charge in [-0.3, -0.25) is 10.8 Å². The number of aromatic nitrogens is 4. The Morgan fingerprint density at radius 3 is 2.72 bits per heavy atom. The van der Waals surface area contributed by atoms with Crippen molar-refractivity contribution in [3.63, 3.8) is 0 Å². The molecule has 0 aliphatic rings. The van der Waals surface area contributed by atoms with Crippen LogP contribution in [0.15, 0.2) is 42.6 Å². The van der Waals surface area contributed by atoms with Crippen LogP contribution in [0.2, 0.25) is 0 Å². The number of benzene rings is 2. The van der Waals surface area contributed by atoms with Gasteiger partial charge in [0.15, 0.2) is 6.23 Å². The van der Waals surface area contributed by atoms with E-state index >= 15 is 0 Å². The molecule has 7 nitrogen and oxygen atoms in total. The molecular formula is C22H20N6O. The molecule has 0 fully saturated rings. The Balaban J connectivity index is 1.73. The lowest BCUT2D eigenvalue weighted by Gasteiger charge is -2.18. The molecule has 2 aromatic heterocycles. The van der Waals surface area contributed by atoms with Gasteiger partial charge in [-0.05, 0) is 68.3 Å². The number of fused-ring (bicyclic) bond motifs is 1. The van der Waals surface area contributed by atoms with E-state index in [4.69, 9.17) is 10.5 Å². The van der Waals surface area contributed by atoms with Crippen LogP contribution in [0.25, 0.3) is 22.2 Å². The van der Waals surface area contributed by atoms with Crippen LogP contribution in [0.5, 0.6) is 5.75 Å². The topological polar surface area (TPSA) is 114 Å². The summed E-state index contributed by atoms with van der Waals surface area (Å²) >= 11 is 0. The predicted molar refractivity (Wildman–Crippen MR) is 110 cm³/mol. The summed E-state index contributed by atoms with van der Waals surface area (Å²) in [6, 6.07) is 13.5. The minimum absolute atomic E-state index is 0.599. The Hall–Kier alpha value is -3.76. The summed E-state index contributed by atoms with van der Waals surface area (Å²) in [5.41, 5.74) is 12.9. The van der Waals surface area contributed by atoms with Crippen LogP contribution in [-0.4, -0.2) is 20.4 Å². The van der Waals surface area contributed by atoms with Crippen LogP contribution in [0.4, 0.5) is 0 Å². The number of nitrogens with one attached hydrogen (secondary N) is 1. The largest absolute Gasteiger partial charge is 0.471 e. The van der Waals surface area contributed by atoms with Crippen molar-refractivity contribution in [1.29, 1.82) is 5.26 Å². The van der Waals surface area contributed by atoms with Crippen molar-refractivity contribution in [3.8, 4) is 23.1 Å². The fourth-order valence-corrected chi connectivity index (χ4v) is 3.52. The molecule has 29 heavy (non-hydrogen) atoms. The number of hydrogen-bond donors (Lipinski definition) is 2. The van der Waals surface area contributed by atoms with Crippen LogP contribution in [0.1, 0.15) is 34.2 Å². The molecule has 1 atom stereocenters. The molecular weight excluding hydrogens is 364 g/mol. The van der Waals surface area contributed by atoms with Gasteiger partial charge in [0.05, 0.1) is 29.0 Å². The fraction of sp³-hybridized carbons (Fsp3) is 0.182. The van der Waals surface area contributed by atoms with E-state index in [1.165, 1.54) is 0 Å². The maximum absolute atomic E-state index is 9.27. The second kappa shape index (κ2) is 7.34. The summed E-state index contributed by atoms with van der Waals surface area (Å²) < 4.78 is 6.02. The number of hydrogen-bond acceptors (Lipinski definition) is 6.